The lowest BCUT2D eigenvalue weighted by atomic mass is 9.99. The molecule has 1 fully saturated rings. The molecule has 2 aromatic rings. The molecule has 0 saturated carbocycles. The van der Waals surface area contributed by atoms with Gasteiger partial charge in [0.05, 0.1) is 13.7 Å². The highest BCUT2D eigenvalue weighted by Crippen LogP contribution is 2.20. The number of likely N-dealkylation sites (tertiary alicyclic amines) is 1. The molecular weight excluding hydrogens is 463 g/mol. The Morgan fingerprint density at radius 3 is 2.57 bits per heavy atom. The van der Waals surface area contributed by atoms with Gasteiger partial charge in [-0.3, -0.25) is 4.90 Å². The van der Waals surface area contributed by atoms with E-state index in [0.717, 1.165) is 23.9 Å². The highest BCUT2D eigenvalue weighted by Gasteiger charge is 2.17. The first kappa shape index (κ1) is 22.5. The van der Waals surface area contributed by atoms with E-state index >= 15 is 0 Å². The lowest BCUT2D eigenvalue weighted by Crippen LogP contribution is -2.34. The number of benzene rings is 2. The van der Waals surface area contributed by atoms with Crippen LogP contribution in [0.4, 0.5) is 5.69 Å². The van der Waals surface area contributed by atoms with Crippen LogP contribution in [-0.2, 0) is 13.1 Å². The second-order valence-corrected chi connectivity index (χ2v) is 7.31. The second-order valence-electron chi connectivity index (χ2n) is 7.31. The summed E-state index contributed by atoms with van der Waals surface area (Å²) in [5, 5.41) is 3.13. The number of aliphatic imine (C=N–C) groups is 1. The molecule has 0 bridgehead atoms. The minimum atomic E-state index is 0. The van der Waals surface area contributed by atoms with E-state index in [2.05, 4.69) is 46.4 Å². The molecule has 3 N–H and O–H groups in total. The number of rotatable bonds is 6. The maximum absolute atomic E-state index is 6.07. The number of guanidine groups is 1. The smallest absolute Gasteiger partial charge is 0.193 e. The Morgan fingerprint density at radius 2 is 1.89 bits per heavy atom. The van der Waals surface area contributed by atoms with E-state index in [-0.39, 0.29) is 24.0 Å². The molecule has 1 unspecified atom stereocenters. The average molecular weight is 494 g/mol. The van der Waals surface area contributed by atoms with E-state index in [4.69, 9.17) is 10.5 Å². The molecule has 1 saturated heterocycles. The fourth-order valence-electron chi connectivity index (χ4n) is 3.57. The molecule has 1 heterocycles. The molecule has 28 heavy (non-hydrogen) atoms. The Bertz CT molecular complexity index is 763. The largest absolute Gasteiger partial charge is 0.497 e. The normalized spacial score (nSPS) is 17.6. The number of halogens is 1. The molecule has 0 aromatic heterocycles. The third-order valence-electron chi connectivity index (χ3n) is 5.04. The molecular formula is C22H31IN4O. The summed E-state index contributed by atoms with van der Waals surface area (Å²) >= 11 is 0. The van der Waals surface area contributed by atoms with Crippen LogP contribution in [0.3, 0.4) is 0 Å². The first-order valence-corrected chi connectivity index (χ1v) is 9.64. The molecule has 3 rings (SSSR count). The van der Waals surface area contributed by atoms with E-state index < -0.39 is 0 Å². The van der Waals surface area contributed by atoms with Gasteiger partial charge in [-0.1, -0.05) is 31.2 Å². The van der Waals surface area contributed by atoms with Crippen molar-refractivity contribution in [3.05, 3.63) is 59.7 Å². The summed E-state index contributed by atoms with van der Waals surface area (Å²) < 4.78 is 5.17. The van der Waals surface area contributed by atoms with Crippen LogP contribution < -0.4 is 15.8 Å². The Labute approximate surface area is 185 Å². The molecule has 1 aliphatic heterocycles. The number of nitrogens with two attached hydrogens (primary N) is 1. The predicted molar refractivity (Wildman–Crippen MR) is 127 cm³/mol. The summed E-state index contributed by atoms with van der Waals surface area (Å²) in [5.41, 5.74) is 9.54. The average Bonchev–Trinajstić information content (AvgIpc) is 2.68. The Hall–Kier alpha value is -1.80. The van der Waals surface area contributed by atoms with Crippen molar-refractivity contribution in [1.29, 1.82) is 0 Å². The Kier molecular flexibility index (Phi) is 9.05. The zero-order valence-corrected chi connectivity index (χ0v) is 19.1. The SMILES string of the molecule is COc1ccc(NC(N)=NCc2ccccc2CN2CCCC(C)C2)cc1.I. The monoisotopic (exact) mass is 494 g/mol. The fraction of sp³-hybridized carbons (Fsp3) is 0.409. The van der Waals surface area contributed by atoms with Crippen molar-refractivity contribution in [2.45, 2.75) is 32.9 Å². The van der Waals surface area contributed by atoms with Crippen molar-refractivity contribution in [3.8, 4) is 5.75 Å². The lowest BCUT2D eigenvalue weighted by molar-refractivity contribution is 0.176. The van der Waals surface area contributed by atoms with Crippen molar-refractivity contribution in [2.75, 3.05) is 25.5 Å². The fourth-order valence-corrected chi connectivity index (χ4v) is 3.57. The first-order chi connectivity index (χ1) is 13.1. The Morgan fingerprint density at radius 1 is 1.18 bits per heavy atom. The van der Waals surface area contributed by atoms with Crippen molar-refractivity contribution >= 4 is 35.6 Å². The van der Waals surface area contributed by atoms with Crippen molar-refractivity contribution in [3.63, 3.8) is 0 Å². The zero-order chi connectivity index (χ0) is 19.1. The molecule has 0 spiro atoms. The molecule has 1 aliphatic rings. The summed E-state index contributed by atoms with van der Waals surface area (Å²) in [6, 6.07) is 16.2. The highest BCUT2D eigenvalue weighted by molar-refractivity contribution is 14.0. The van der Waals surface area contributed by atoms with Crippen LogP contribution in [0, 0.1) is 5.92 Å². The molecule has 5 nitrogen and oxygen atoms in total. The minimum absolute atomic E-state index is 0. The summed E-state index contributed by atoms with van der Waals surface area (Å²) in [6.07, 6.45) is 2.64. The highest BCUT2D eigenvalue weighted by atomic mass is 127. The number of nitrogens with one attached hydrogen (secondary N) is 1. The molecule has 6 heteroatoms. The maximum atomic E-state index is 6.07. The van der Waals surface area contributed by atoms with Crippen LogP contribution in [-0.4, -0.2) is 31.1 Å². The van der Waals surface area contributed by atoms with Gasteiger partial charge in [0.25, 0.3) is 0 Å². The van der Waals surface area contributed by atoms with Gasteiger partial charge in [-0.15, -0.1) is 24.0 Å². The Balaban J connectivity index is 0.00000280. The van der Waals surface area contributed by atoms with Gasteiger partial charge in [-0.05, 0) is 60.7 Å². The topological polar surface area (TPSA) is 62.9 Å². The first-order valence-electron chi connectivity index (χ1n) is 9.64. The number of hydrogen-bond acceptors (Lipinski definition) is 3. The summed E-state index contributed by atoms with van der Waals surface area (Å²) in [5.74, 6) is 2.02. The zero-order valence-electron chi connectivity index (χ0n) is 16.7. The van der Waals surface area contributed by atoms with Crippen LogP contribution in [0.5, 0.6) is 5.75 Å². The van der Waals surface area contributed by atoms with Crippen molar-refractivity contribution in [1.82, 2.24) is 4.90 Å². The van der Waals surface area contributed by atoms with Gasteiger partial charge in [0.15, 0.2) is 5.96 Å². The molecule has 152 valence electrons. The van der Waals surface area contributed by atoms with E-state index in [1.807, 2.05) is 24.3 Å². The van der Waals surface area contributed by atoms with E-state index in [0.29, 0.717) is 12.5 Å². The van der Waals surface area contributed by atoms with Gasteiger partial charge in [0.2, 0.25) is 0 Å². The van der Waals surface area contributed by atoms with Crippen LogP contribution in [0.25, 0.3) is 0 Å². The van der Waals surface area contributed by atoms with Gasteiger partial charge in [0.1, 0.15) is 5.75 Å². The molecule has 1 atom stereocenters. The third-order valence-corrected chi connectivity index (χ3v) is 5.04. The third kappa shape index (κ3) is 6.67. The number of methoxy groups -OCH3 is 1. The van der Waals surface area contributed by atoms with Crippen LogP contribution in [0.1, 0.15) is 30.9 Å². The number of hydrogen-bond donors (Lipinski definition) is 2. The number of piperidine rings is 1. The predicted octanol–water partition coefficient (Wildman–Crippen LogP) is 4.47. The van der Waals surface area contributed by atoms with E-state index in [1.165, 1.54) is 37.1 Å². The minimum Gasteiger partial charge on any atom is -0.497 e. The van der Waals surface area contributed by atoms with Gasteiger partial charge in [-0.25, -0.2) is 4.99 Å². The summed E-state index contributed by atoms with van der Waals surface area (Å²) in [7, 11) is 1.65. The van der Waals surface area contributed by atoms with Crippen molar-refractivity contribution < 1.29 is 4.74 Å². The number of anilines is 1. The van der Waals surface area contributed by atoms with E-state index in [9.17, 15) is 0 Å². The number of ether oxygens (including phenoxy) is 1. The van der Waals surface area contributed by atoms with Crippen LogP contribution in [0.15, 0.2) is 53.5 Å². The molecule has 0 aliphatic carbocycles. The van der Waals surface area contributed by atoms with Crippen LogP contribution in [0.2, 0.25) is 0 Å². The van der Waals surface area contributed by atoms with Crippen molar-refractivity contribution in [2.24, 2.45) is 16.6 Å². The standard InChI is InChI=1S/C22H30N4O.HI/c1-17-6-5-13-26(15-17)16-19-8-4-3-7-18(19)14-24-22(23)25-20-9-11-21(27-2)12-10-20;/h3-4,7-12,17H,5-6,13-16H2,1-2H3,(H3,23,24,25);1H. The molecule has 0 radical (unpaired) electrons. The van der Waals surface area contributed by atoms with Gasteiger partial charge < -0.3 is 15.8 Å². The lowest BCUT2D eigenvalue weighted by Gasteiger charge is -2.31. The summed E-state index contributed by atoms with van der Waals surface area (Å²) in [6.45, 7) is 6.27. The quantitative estimate of drug-likeness (QED) is 0.354. The second kappa shape index (κ2) is 11.3. The van der Waals surface area contributed by atoms with Gasteiger partial charge in [0, 0.05) is 18.8 Å². The van der Waals surface area contributed by atoms with E-state index in [1.54, 1.807) is 7.11 Å². The molecule has 2 aromatic carbocycles. The number of nitrogens with zero attached hydrogens (tertiary/aromatic N) is 2. The van der Waals surface area contributed by atoms with Crippen LogP contribution >= 0.6 is 24.0 Å². The summed E-state index contributed by atoms with van der Waals surface area (Å²) in [4.78, 5) is 7.09. The van der Waals surface area contributed by atoms with Gasteiger partial charge >= 0.3 is 0 Å². The molecule has 0 amide bonds. The maximum Gasteiger partial charge on any atom is 0.193 e. The van der Waals surface area contributed by atoms with Gasteiger partial charge in [-0.2, -0.15) is 0 Å².